The lowest BCUT2D eigenvalue weighted by atomic mass is 9.93. The molecule has 4 N–H and O–H groups in total. The summed E-state index contributed by atoms with van der Waals surface area (Å²) in [6.07, 6.45) is -3.41. The highest BCUT2D eigenvalue weighted by molar-refractivity contribution is 9.10. The van der Waals surface area contributed by atoms with E-state index in [0.717, 1.165) is 21.2 Å². The molecule has 0 bridgehead atoms. The highest BCUT2D eigenvalue weighted by atomic mass is 79.9. The zero-order valence-corrected chi connectivity index (χ0v) is 18.1. The van der Waals surface area contributed by atoms with Crippen LogP contribution >= 0.6 is 15.9 Å². The molecule has 4 atom stereocenters. The van der Waals surface area contributed by atoms with Gasteiger partial charge in [0.1, 0.15) is 0 Å². The summed E-state index contributed by atoms with van der Waals surface area (Å²) in [5.41, 5.74) is 2.75. The Bertz CT molecular complexity index is 905. The summed E-state index contributed by atoms with van der Waals surface area (Å²) in [7, 11) is 0. The summed E-state index contributed by atoms with van der Waals surface area (Å²) in [5.74, 6) is -1.63. The van der Waals surface area contributed by atoms with Crippen LogP contribution in [0.4, 0.5) is 0 Å². The maximum absolute atomic E-state index is 12.8. The summed E-state index contributed by atoms with van der Waals surface area (Å²) >= 11 is 3.34. The summed E-state index contributed by atoms with van der Waals surface area (Å²) in [6.45, 7) is 1.65. The Morgan fingerprint density at radius 1 is 1.10 bits per heavy atom. The van der Waals surface area contributed by atoms with Gasteiger partial charge in [0.2, 0.25) is 0 Å². The standard InChI is InChI=1S/C22H25BrN2O5/c1-13(14-6-8-17(23)9-7-14)24-21(29)19(27)20(28)22(30)25-11-16-5-3-2-4-15(16)10-18(25)12-26/h2-9,13,18-20,26-28H,10-12H2,1H3,(H,24,29)/t13-,18+,19+,20+/m0/s1. The fourth-order valence-electron chi connectivity index (χ4n) is 3.59. The van der Waals surface area contributed by atoms with Crippen LogP contribution in [0.25, 0.3) is 0 Å². The van der Waals surface area contributed by atoms with Crippen LogP contribution in [-0.2, 0) is 22.6 Å². The number of aliphatic hydroxyl groups excluding tert-OH is 3. The molecule has 2 amide bonds. The minimum absolute atomic E-state index is 0.195. The van der Waals surface area contributed by atoms with Crippen LogP contribution < -0.4 is 5.32 Å². The molecular weight excluding hydrogens is 452 g/mol. The highest BCUT2D eigenvalue weighted by Gasteiger charge is 2.38. The van der Waals surface area contributed by atoms with Crippen LogP contribution in [0.5, 0.6) is 0 Å². The van der Waals surface area contributed by atoms with Crippen molar-refractivity contribution in [2.75, 3.05) is 6.61 Å². The lowest BCUT2D eigenvalue weighted by molar-refractivity contribution is -0.156. The monoisotopic (exact) mass is 476 g/mol. The third kappa shape index (κ3) is 4.89. The normalized spacial score (nSPS) is 18.8. The molecule has 0 fully saturated rings. The molecule has 1 heterocycles. The molecule has 3 rings (SSSR count). The topological polar surface area (TPSA) is 110 Å². The Balaban J connectivity index is 1.67. The molecule has 0 aromatic heterocycles. The van der Waals surface area contributed by atoms with Gasteiger partial charge in [0.05, 0.1) is 18.7 Å². The number of amides is 2. The second-order valence-electron chi connectivity index (χ2n) is 7.45. The van der Waals surface area contributed by atoms with E-state index in [-0.39, 0.29) is 13.2 Å². The van der Waals surface area contributed by atoms with Gasteiger partial charge in [0.25, 0.3) is 11.8 Å². The van der Waals surface area contributed by atoms with Crippen LogP contribution in [0.3, 0.4) is 0 Å². The quantitative estimate of drug-likeness (QED) is 0.502. The molecule has 2 aromatic carbocycles. The Kier molecular flexibility index (Phi) is 7.25. The highest BCUT2D eigenvalue weighted by Crippen LogP contribution is 2.24. The van der Waals surface area contributed by atoms with E-state index in [9.17, 15) is 24.9 Å². The smallest absolute Gasteiger partial charge is 0.255 e. The summed E-state index contributed by atoms with van der Waals surface area (Å²) in [5, 5.41) is 33.0. The second kappa shape index (κ2) is 9.70. The first kappa shape index (κ1) is 22.4. The van der Waals surface area contributed by atoms with Crippen molar-refractivity contribution in [2.45, 2.75) is 44.2 Å². The van der Waals surface area contributed by atoms with E-state index < -0.39 is 36.1 Å². The van der Waals surface area contributed by atoms with E-state index in [0.29, 0.717) is 6.42 Å². The van der Waals surface area contributed by atoms with Gasteiger partial charge in [0.15, 0.2) is 12.2 Å². The third-order valence-corrected chi connectivity index (χ3v) is 5.93. The first-order valence-electron chi connectivity index (χ1n) is 9.72. The minimum Gasteiger partial charge on any atom is -0.394 e. The fourth-order valence-corrected chi connectivity index (χ4v) is 3.85. The van der Waals surface area contributed by atoms with Gasteiger partial charge in [-0.3, -0.25) is 9.59 Å². The molecule has 0 unspecified atom stereocenters. The number of benzene rings is 2. The van der Waals surface area contributed by atoms with E-state index in [1.165, 1.54) is 4.90 Å². The average molecular weight is 477 g/mol. The molecule has 1 aliphatic heterocycles. The number of fused-ring (bicyclic) bond motifs is 1. The Morgan fingerprint density at radius 3 is 2.37 bits per heavy atom. The van der Waals surface area contributed by atoms with Crippen molar-refractivity contribution >= 4 is 27.7 Å². The third-order valence-electron chi connectivity index (χ3n) is 5.40. The van der Waals surface area contributed by atoms with Crippen molar-refractivity contribution in [2.24, 2.45) is 0 Å². The van der Waals surface area contributed by atoms with Crippen LogP contribution in [0.1, 0.15) is 29.7 Å². The summed E-state index contributed by atoms with van der Waals surface area (Å²) in [4.78, 5) is 26.6. The summed E-state index contributed by atoms with van der Waals surface area (Å²) < 4.78 is 0.896. The van der Waals surface area contributed by atoms with Crippen molar-refractivity contribution in [1.82, 2.24) is 10.2 Å². The van der Waals surface area contributed by atoms with E-state index >= 15 is 0 Å². The number of hydrogen-bond acceptors (Lipinski definition) is 5. The number of nitrogens with one attached hydrogen (secondary N) is 1. The molecule has 8 heteroatoms. The van der Waals surface area contributed by atoms with Gasteiger partial charge < -0.3 is 25.5 Å². The zero-order chi connectivity index (χ0) is 21.8. The molecule has 2 aromatic rings. The van der Waals surface area contributed by atoms with E-state index in [1.54, 1.807) is 6.92 Å². The molecule has 30 heavy (non-hydrogen) atoms. The fraction of sp³-hybridized carbons (Fsp3) is 0.364. The first-order chi connectivity index (χ1) is 14.3. The van der Waals surface area contributed by atoms with Gasteiger partial charge in [-0.1, -0.05) is 52.3 Å². The van der Waals surface area contributed by atoms with E-state index in [2.05, 4.69) is 21.2 Å². The number of carbonyl (C=O) groups excluding carboxylic acids is 2. The molecule has 0 spiro atoms. The minimum atomic E-state index is -1.93. The van der Waals surface area contributed by atoms with E-state index in [4.69, 9.17) is 0 Å². The van der Waals surface area contributed by atoms with Crippen LogP contribution in [0.15, 0.2) is 53.0 Å². The molecule has 160 valence electrons. The second-order valence-corrected chi connectivity index (χ2v) is 8.36. The number of carbonyl (C=O) groups is 2. The molecule has 1 aliphatic rings. The van der Waals surface area contributed by atoms with Gasteiger partial charge in [0, 0.05) is 11.0 Å². The Morgan fingerprint density at radius 2 is 1.73 bits per heavy atom. The van der Waals surface area contributed by atoms with Gasteiger partial charge >= 0.3 is 0 Å². The Labute approximate surface area is 183 Å². The van der Waals surface area contributed by atoms with Crippen molar-refractivity contribution in [3.8, 4) is 0 Å². The number of hydrogen-bond donors (Lipinski definition) is 4. The SMILES string of the molecule is C[C@H](NC(=O)[C@H](O)[C@@H](O)C(=O)N1Cc2ccccc2C[C@@H]1CO)c1ccc(Br)cc1. The van der Waals surface area contributed by atoms with Crippen molar-refractivity contribution in [1.29, 1.82) is 0 Å². The van der Waals surface area contributed by atoms with Gasteiger partial charge in [-0.05, 0) is 42.2 Å². The number of rotatable bonds is 6. The van der Waals surface area contributed by atoms with Gasteiger partial charge in [-0.15, -0.1) is 0 Å². The predicted octanol–water partition coefficient (Wildman–Crippen LogP) is 1.29. The lowest BCUT2D eigenvalue weighted by Gasteiger charge is -2.37. The van der Waals surface area contributed by atoms with Gasteiger partial charge in [-0.2, -0.15) is 0 Å². The van der Waals surface area contributed by atoms with Crippen LogP contribution in [0, 0.1) is 0 Å². The predicted molar refractivity (Wildman–Crippen MR) is 114 cm³/mol. The zero-order valence-electron chi connectivity index (χ0n) is 16.5. The number of halogens is 1. The molecule has 0 aliphatic carbocycles. The molecule has 0 saturated carbocycles. The van der Waals surface area contributed by atoms with Crippen molar-refractivity contribution in [3.63, 3.8) is 0 Å². The Hall–Kier alpha value is -2.26. The largest absolute Gasteiger partial charge is 0.394 e. The molecule has 0 saturated heterocycles. The van der Waals surface area contributed by atoms with Crippen LogP contribution in [-0.4, -0.2) is 56.9 Å². The van der Waals surface area contributed by atoms with Crippen molar-refractivity contribution in [3.05, 3.63) is 69.7 Å². The lowest BCUT2D eigenvalue weighted by Crippen LogP contribution is -2.55. The van der Waals surface area contributed by atoms with Gasteiger partial charge in [-0.25, -0.2) is 0 Å². The van der Waals surface area contributed by atoms with Crippen molar-refractivity contribution < 1.29 is 24.9 Å². The van der Waals surface area contributed by atoms with Crippen LogP contribution in [0.2, 0.25) is 0 Å². The van der Waals surface area contributed by atoms with E-state index in [1.807, 2.05) is 48.5 Å². The first-order valence-corrected chi connectivity index (χ1v) is 10.5. The number of aliphatic hydroxyl groups is 3. The summed E-state index contributed by atoms with van der Waals surface area (Å²) in [6, 6.07) is 13.9. The molecule has 7 nitrogen and oxygen atoms in total. The molecule has 0 radical (unpaired) electrons. The molecular formula is C22H25BrN2O5. The number of nitrogens with zero attached hydrogens (tertiary/aromatic N) is 1. The maximum atomic E-state index is 12.8. The average Bonchev–Trinajstić information content (AvgIpc) is 2.76. The maximum Gasteiger partial charge on any atom is 0.255 e.